The highest BCUT2D eigenvalue weighted by atomic mass is 16.5. The van der Waals surface area contributed by atoms with Crippen molar-refractivity contribution >= 4 is 5.69 Å². The first-order chi connectivity index (χ1) is 8.81. The highest BCUT2D eigenvalue weighted by Crippen LogP contribution is 2.38. The summed E-state index contributed by atoms with van der Waals surface area (Å²) in [5.74, 6) is 0.937. The molecule has 2 heterocycles. The average molecular weight is 246 g/mol. The Balaban J connectivity index is 1.64. The van der Waals surface area contributed by atoms with E-state index in [9.17, 15) is 0 Å². The lowest BCUT2D eigenvalue weighted by Crippen LogP contribution is -2.41. The summed E-state index contributed by atoms with van der Waals surface area (Å²) in [5.41, 5.74) is 1.93. The van der Waals surface area contributed by atoms with E-state index in [-0.39, 0.29) is 0 Å². The summed E-state index contributed by atoms with van der Waals surface area (Å²) in [7, 11) is 1.72. The number of piperidine rings is 1. The molecule has 0 bridgehead atoms. The lowest BCUT2D eigenvalue weighted by atomic mass is 9.78. The van der Waals surface area contributed by atoms with Gasteiger partial charge in [0.15, 0.2) is 0 Å². The number of ether oxygens (including phenoxy) is 1. The first-order valence-electron chi connectivity index (χ1n) is 6.91. The van der Waals surface area contributed by atoms with Gasteiger partial charge in [0.2, 0.25) is 0 Å². The first kappa shape index (κ1) is 11.8. The molecule has 3 rings (SSSR count). The zero-order chi connectivity index (χ0) is 12.4. The molecule has 2 aliphatic heterocycles. The largest absolute Gasteiger partial charge is 0.497 e. The standard InChI is InChI=1S/C15H22N2O/c1-18-14-4-2-13(3-5-14)17-10-7-15(8-11-17)6-9-16-12-15/h2-5,16H,6-12H2,1H3. The Morgan fingerprint density at radius 3 is 2.39 bits per heavy atom. The fourth-order valence-corrected chi connectivity index (χ4v) is 3.25. The van der Waals surface area contributed by atoms with E-state index in [2.05, 4.69) is 34.5 Å². The normalized spacial score (nSPS) is 22.4. The van der Waals surface area contributed by atoms with E-state index in [0.29, 0.717) is 5.41 Å². The van der Waals surface area contributed by atoms with Gasteiger partial charge in [0.1, 0.15) is 5.75 Å². The second kappa shape index (κ2) is 4.81. The molecule has 2 fully saturated rings. The number of nitrogens with one attached hydrogen (secondary N) is 1. The van der Waals surface area contributed by atoms with Crippen LogP contribution in [0.4, 0.5) is 5.69 Å². The molecule has 0 aromatic heterocycles. The summed E-state index contributed by atoms with van der Waals surface area (Å²) in [6, 6.07) is 8.45. The van der Waals surface area contributed by atoms with Gasteiger partial charge in [0, 0.05) is 25.3 Å². The van der Waals surface area contributed by atoms with Crippen molar-refractivity contribution in [1.82, 2.24) is 5.32 Å². The van der Waals surface area contributed by atoms with Crippen LogP contribution in [-0.4, -0.2) is 33.3 Å². The minimum atomic E-state index is 0.600. The Morgan fingerprint density at radius 2 is 1.83 bits per heavy atom. The minimum absolute atomic E-state index is 0.600. The molecule has 1 aromatic carbocycles. The third-order valence-electron chi connectivity index (χ3n) is 4.59. The Kier molecular flexibility index (Phi) is 3.16. The van der Waals surface area contributed by atoms with Crippen molar-refractivity contribution in [2.24, 2.45) is 5.41 Å². The SMILES string of the molecule is COc1ccc(N2CCC3(CCNC3)CC2)cc1. The summed E-state index contributed by atoms with van der Waals surface area (Å²) in [5, 5.41) is 3.52. The third kappa shape index (κ3) is 2.19. The van der Waals surface area contributed by atoms with Gasteiger partial charge in [-0.15, -0.1) is 0 Å². The van der Waals surface area contributed by atoms with E-state index in [1.54, 1.807) is 7.11 Å². The maximum absolute atomic E-state index is 5.21. The maximum atomic E-state index is 5.21. The zero-order valence-electron chi connectivity index (χ0n) is 11.1. The van der Waals surface area contributed by atoms with E-state index in [0.717, 1.165) is 5.75 Å². The van der Waals surface area contributed by atoms with Crippen LogP contribution in [0.25, 0.3) is 0 Å². The molecule has 0 atom stereocenters. The van der Waals surface area contributed by atoms with Crippen LogP contribution in [0.2, 0.25) is 0 Å². The van der Waals surface area contributed by atoms with Crippen LogP contribution in [0, 0.1) is 5.41 Å². The first-order valence-corrected chi connectivity index (χ1v) is 6.91. The minimum Gasteiger partial charge on any atom is -0.497 e. The van der Waals surface area contributed by atoms with Crippen LogP contribution in [0.5, 0.6) is 5.75 Å². The van der Waals surface area contributed by atoms with Crippen LogP contribution in [-0.2, 0) is 0 Å². The van der Waals surface area contributed by atoms with Gasteiger partial charge >= 0.3 is 0 Å². The average Bonchev–Trinajstić information content (AvgIpc) is 2.88. The molecule has 3 heteroatoms. The summed E-state index contributed by atoms with van der Waals surface area (Å²) >= 11 is 0. The Labute approximate surface area is 109 Å². The molecule has 1 N–H and O–H groups in total. The second-order valence-electron chi connectivity index (χ2n) is 5.61. The van der Waals surface area contributed by atoms with Gasteiger partial charge in [-0.25, -0.2) is 0 Å². The predicted molar refractivity (Wildman–Crippen MR) is 74.4 cm³/mol. The number of hydrogen-bond acceptors (Lipinski definition) is 3. The van der Waals surface area contributed by atoms with E-state index in [4.69, 9.17) is 4.74 Å². The zero-order valence-corrected chi connectivity index (χ0v) is 11.1. The molecule has 1 aromatic rings. The van der Waals surface area contributed by atoms with E-state index < -0.39 is 0 Å². The van der Waals surface area contributed by atoms with Gasteiger partial charge in [-0.3, -0.25) is 0 Å². The predicted octanol–water partition coefficient (Wildman–Crippen LogP) is 2.28. The van der Waals surface area contributed by atoms with Crippen molar-refractivity contribution in [3.05, 3.63) is 24.3 Å². The lowest BCUT2D eigenvalue weighted by molar-refractivity contribution is 0.247. The fourth-order valence-electron chi connectivity index (χ4n) is 3.25. The molecule has 0 amide bonds. The number of rotatable bonds is 2. The van der Waals surface area contributed by atoms with Gasteiger partial charge in [0.05, 0.1) is 7.11 Å². The van der Waals surface area contributed by atoms with Crippen molar-refractivity contribution < 1.29 is 4.74 Å². The molecular weight excluding hydrogens is 224 g/mol. The Bertz CT molecular complexity index is 385. The molecule has 98 valence electrons. The van der Waals surface area contributed by atoms with Crippen molar-refractivity contribution in [2.45, 2.75) is 19.3 Å². The van der Waals surface area contributed by atoms with Gasteiger partial charge in [-0.1, -0.05) is 0 Å². The van der Waals surface area contributed by atoms with Crippen LogP contribution >= 0.6 is 0 Å². The quantitative estimate of drug-likeness (QED) is 0.866. The number of hydrogen-bond donors (Lipinski definition) is 1. The topological polar surface area (TPSA) is 24.5 Å². The number of nitrogens with zero attached hydrogens (tertiary/aromatic N) is 1. The van der Waals surface area contributed by atoms with Crippen molar-refractivity contribution in [1.29, 1.82) is 0 Å². The van der Waals surface area contributed by atoms with E-state index in [1.807, 2.05) is 0 Å². The van der Waals surface area contributed by atoms with Gasteiger partial charge in [-0.05, 0) is 55.5 Å². The molecular formula is C15H22N2O. The summed E-state index contributed by atoms with van der Waals surface area (Å²) in [6.45, 7) is 4.81. The Hall–Kier alpha value is -1.22. The van der Waals surface area contributed by atoms with Crippen LogP contribution in [0.3, 0.4) is 0 Å². The fraction of sp³-hybridized carbons (Fsp3) is 0.600. The summed E-state index contributed by atoms with van der Waals surface area (Å²) in [6.07, 6.45) is 4.02. The van der Waals surface area contributed by atoms with Gasteiger partial charge in [-0.2, -0.15) is 0 Å². The molecule has 0 saturated carbocycles. The van der Waals surface area contributed by atoms with Crippen LogP contribution < -0.4 is 15.0 Å². The molecule has 3 nitrogen and oxygen atoms in total. The van der Waals surface area contributed by atoms with Gasteiger partial charge in [0.25, 0.3) is 0 Å². The highest BCUT2D eigenvalue weighted by molar-refractivity contribution is 5.49. The third-order valence-corrected chi connectivity index (χ3v) is 4.59. The molecule has 0 aliphatic carbocycles. The monoisotopic (exact) mass is 246 g/mol. The number of benzene rings is 1. The maximum Gasteiger partial charge on any atom is 0.119 e. The number of anilines is 1. The van der Waals surface area contributed by atoms with Crippen LogP contribution in [0.15, 0.2) is 24.3 Å². The highest BCUT2D eigenvalue weighted by Gasteiger charge is 2.36. The van der Waals surface area contributed by atoms with Gasteiger partial charge < -0.3 is 15.0 Å². The lowest BCUT2D eigenvalue weighted by Gasteiger charge is -2.40. The van der Waals surface area contributed by atoms with Crippen molar-refractivity contribution in [3.63, 3.8) is 0 Å². The summed E-state index contributed by atoms with van der Waals surface area (Å²) < 4.78 is 5.21. The Morgan fingerprint density at radius 1 is 1.11 bits per heavy atom. The van der Waals surface area contributed by atoms with Crippen molar-refractivity contribution in [3.8, 4) is 5.75 Å². The summed E-state index contributed by atoms with van der Waals surface area (Å²) in [4.78, 5) is 2.50. The number of methoxy groups -OCH3 is 1. The molecule has 2 saturated heterocycles. The smallest absolute Gasteiger partial charge is 0.119 e. The van der Waals surface area contributed by atoms with E-state index >= 15 is 0 Å². The molecule has 0 unspecified atom stereocenters. The molecule has 0 radical (unpaired) electrons. The van der Waals surface area contributed by atoms with Crippen molar-refractivity contribution in [2.75, 3.05) is 38.2 Å². The van der Waals surface area contributed by atoms with Crippen LogP contribution in [0.1, 0.15) is 19.3 Å². The van der Waals surface area contributed by atoms with E-state index in [1.165, 1.54) is 51.1 Å². The second-order valence-corrected chi connectivity index (χ2v) is 5.61. The molecule has 18 heavy (non-hydrogen) atoms. The molecule has 1 spiro atoms. The molecule has 2 aliphatic rings.